The topological polar surface area (TPSA) is 81.5 Å². The zero-order valence-corrected chi connectivity index (χ0v) is 15.9. The van der Waals surface area contributed by atoms with E-state index in [1.807, 2.05) is 30.3 Å². The number of amides is 1. The van der Waals surface area contributed by atoms with Crippen molar-refractivity contribution in [3.63, 3.8) is 0 Å². The Balaban J connectivity index is 1.79. The van der Waals surface area contributed by atoms with Gasteiger partial charge in [0.15, 0.2) is 0 Å². The predicted octanol–water partition coefficient (Wildman–Crippen LogP) is 2.69. The maximum Gasteiger partial charge on any atom is 0.232 e. The van der Waals surface area contributed by atoms with Crippen LogP contribution in [0.25, 0.3) is 0 Å². The van der Waals surface area contributed by atoms with E-state index in [1.165, 1.54) is 10.4 Å². The van der Waals surface area contributed by atoms with Crippen molar-refractivity contribution in [2.45, 2.75) is 19.3 Å². The number of nitriles is 1. The van der Waals surface area contributed by atoms with E-state index in [0.717, 1.165) is 30.3 Å². The van der Waals surface area contributed by atoms with Gasteiger partial charge < -0.3 is 4.90 Å². The average molecular weight is 383 g/mol. The maximum atomic E-state index is 12.8. The van der Waals surface area contributed by atoms with Crippen LogP contribution in [0.15, 0.2) is 48.5 Å². The van der Waals surface area contributed by atoms with E-state index in [2.05, 4.69) is 0 Å². The van der Waals surface area contributed by atoms with Crippen LogP contribution < -0.4 is 9.21 Å². The van der Waals surface area contributed by atoms with Crippen molar-refractivity contribution in [2.24, 2.45) is 0 Å². The van der Waals surface area contributed by atoms with E-state index in [9.17, 15) is 13.2 Å². The molecule has 7 heteroatoms. The summed E-state index contributed by atoms with van der Waals surface area (Å²) in [5.74, 6) is -0.104. The van der Waals surface area contributed by atoms with E-state index in [-0.39, 0.29) is 18.9 Å². The highest BCUT2D eigenvalue weighted by atomic mass is 32.2. The Morgan fingerprint density at radius 1 is 1.22 bits per heavy atom. The summed E-state index contributed by atoms with van der Waals surface area (Å²) in [5.41, 5.74) is 2.81. The molecule has 3 rings (SSSR count). The molecule has 1 heterocycles. The molecule has 6 nitrogen and oxygen atoms in total. The maximum absolute atomic E-state index is 12.8. The number of anilines is 2. The largest absolute Gasteiger partial charge is 0.312 e. The van der Waals surface area contributed by atoms with Crippen LogP contribution in [0.1, 0.15) is 24.0 Å². The van der Waals surface area contributed by atoms with E-state index < -0.39 is 10.0 Å². The predicted molar refractivity (Wildman–Crippen MR) is 105 cm³/mol. The number of fused-ring (bicyclic) bond motifs is 1. The first-order chi connectivity index (χ1) is 12.9. The van der Waals surface area contributed by atoms with E-state index >= 15 is 0 Å². The SMILES string of the molecule is CS(=O)(=O)N(CCC(=O)N1CCCc2ccccc21)c1cccc(C#N)c1. The molecule has 1 amide bonds. The summed E-state index contributed by atoms with van der Waals surface area (Å²) in [7, 11) is -3.58. The molecule has 140 valence electrons. The Labute approximate surface area is 159 Å². The molecule has 0 saturated carbocycles. The minimum absolute atomic E-state index is 0.0330. The number of aryl methyl sites for hydroxylation is 1. The van der Waals surface area contributed by atoms with Crippen molar-refractivity contribution < 1.29 is 13.2 Å². The molecule has 0 aliphatic carbocycles. The molecule has 0 bridgehead atoms. The average Bonchev–Trinajstić information content (AvgIpc) is 2.66. The molecule has 0 spiro atoms. The third kappa shape index (κ3) is 4.29. The summed E-state index contributed by atoms with van der Waals surface area (Å²) in [6, 6.07) is 16.2. The summed E-state index contributed by atoms with van der Waals surface area (Å²) in [6.07, 6.45) is 3.00. The number of para-hydroxylation sites is 1. The molecule has 27 heavy (non-hydrogen) atoms. The second-order valence-corrected chi connectivity index (χ2v) is 8.43. The lowest BCUT2D eigenvalue weighted by Crippen LogP contribution is -2.39. The van der Waals surface area contributed by atoms with Crippen LogP contribution in [0, 0.1) is 11.3 Å². The monoisotopic (exact) mass is 383 g/mol. The fourth-order valence-electron chi connectivity index (χ4n) is 3.34. The lowest BCUT2D eigenvalue weighted by atomic mass is 10.0. The third-order valence-corrected chi connectivity index (χ3v) is 5.80. The van der Waals surface area contributed by atoms with Gasteiger partial charge in [0.2, 0.25) is 15.9 Å². The summed E-state index contributed by atoms with van der Waals surface area (Å²) >= 11 is 0. The second-order valence-electron chi connectivity index (χ2n) is 6.52. The first-order valence-corrected chi connectivity index (χ1v) is 10.6. The van der Waals surface area contributed by atoms with Gasteiger partial charge in [-0.2, -0.15) is 5.26 Å². The zero-order chi connectivity index (χ0) is 19.4. The van der Waals surface area contributed by atoms with Gasteiger partial charge in [-0.05, 0) is 42.7 Å². The molecule has 0 radical (unpaired) electrons. The summed E-state index contributed by atoms with van der Waals surface area (Å²) in [4.78, 5) is 14.5. The number of hydrogen-bond donors (Lipinski definition) is 0. The number of carbonyl (C=O) groups is 1. The summed E-state index contributed by atoms with van der Waals surface area (Å²) in [6.45, 7) is 0.670. The lowest BCUT2D eigenvalue weighted by molar-refractivity contribution is -0.118. The number of hydrogen-bond acceptors (Lipinski definition) is 4. The van der Waals surface area contributed by atoms with Gasteiger partial charge in [0, 0.05) is 25.2 Å². The second kappa shape index (κ2) is 7.80. The molecular weight excluding hydrogens is 362 g/mol. The van der Waals surface area contributed by atoms with Gasteiger partial charge in [0.05, 0.1) is 23.6 Å². The fourth-order valence-corrected chi connectivity index (χ4v) is 4.26. The van der Waals surface area contributed by atoms with Crippen LogP contribution in [0.5, 0.6) is 0 Å². The zero-order valence-electron chi connectivity index (χ0n) is 15.1. The molecule has 0 aromatic heterocycles. The van der Waals surface area contributed by atoms with Crippen LogP contribution >= 0.6 is 0 Å². The molecule has 0 atom stereocenters. The Morgan fingerprint density at radius 2 is 2.00 bits per heavy atom. The summed E-state index contributed by atoms with van der Waals surface area (Å²) < 4.78 is 25.7. The van der Waals surface area contributed by atoms with Crippen molar-refractivity contribution in [2.75, 3.05) is 28.6 Å². The van der Waals surface area contributed by atoms with Crippen LogP contribution in [-0.4, -0.2) is 33.7 Å². The van der Waals surface area contributed by atoms with Gasteiger partial charge in [-0.1, -0.05) is 24.3 Å². The van der Waals surface area contributed by atoms with Crippen molar-refractivity contribution >= 4 is 27.3 Å². The van der Waals surface area contributed by atoms with Crippen molar-refractivity contribution in [3.8, 4) is 6.07 Å². The highest BCUT2D eigenvalue weighted by Crippen LogP contribution is 2.27. The van der Waals surface area contributed by atoms with Gasteiger partial charge in [-0.25, -0.2) is 8.42 Å². The molecule has 0 unspecified atom stereocenters. The normalized spacial score (nSPS) is 13.6. The molecule has 0 N–H and O–H groups in total. The molecular formula is C20H21N3O3S. The number of benzene rings is 2. The van der Waals surface area contributed by atoms with Gasteiger partial charge in [0.25, 0.3) is 0 Å². The highest BCUT2D eigenvalue weighted by Gasteiger charge is 2.24. The van der Waals surface area contributed by atoms with E-state index in [4.69, 9.17) is 5.26 Å². The number of nitrogens with zero attached hydrogens (tertiary/aromatic N) is 3. The van der Waals surface area contributed by atoms with Gasteiger partial charge in [-0.15, -0.1) is 0 Å². The Hall–Kier alpha value is -2.85. The Kier molecular flexibility index (Phi) is 5.47. The lowest BCUT2D eigenvalue weighted by Gasteiger charge is -2.30. The first-order valence-electron chi connectivity index (χ1n) is 8.76. The van der Waals surface area contributed by atoms with Gasteiger partial charge in [0.1, 0.15) is 0 Å². The van der Waals surface area contributed by atoms with E-state index in [1.54, 1.807) is 23.1 Å². The van der Waals surface area contributed by atoms with Crippen molar-refractivity contribution in [1.82, 2.24) is 0 Å². The van der Waals surface area contributed by atoms with Crippen LogP contribution in [0.2, 0.25) is 0 Å². The molecule has 0 saturated heterocycles. The minimum atomic E-state index is -3.58. The number of carbonyl (C=O) groups excluding carboxylic acids is 1. The Bertz CT molecular complexity index is 996. The third-order valence-electron chi connectivity index (χ3n) is 4.60. The van der Waals surface area contributed by atoms with Gasteiger partial charge in [-0.3, -0.25) is 9.10 Å². The van der Waals surface area contributed by atoms with Gasteiger partial charge >= 0.3 is 0 Å². The molecule has 1 aliphatic heterocycles. The molecule has 2 aromatic rings. The smallest absolute Gasteiger partial charge is 0.232 e. The van der Waals surface area contributed by atoms with Crippen LogP contribution in [-0.2, 0) is 21.2 Å². The molecule has 2 aromatic carbocycles. The van der Waals surface area contributed by atoms with Crippen LogP contribution in [0.4, 0.5) is 11.4 Å². The first kappa shape index (κ1) is 18.9. The molecule has 1 aliphatic rings. The minimum Gasteiger partial charge on any atom is -0.312 e. The highest BCUT2D eigenvalue weighted by molar-refractivity contribution is 7.92. The van der Waals surface area contributed by atoms with E-state index in [0.29, 0.717) is 17.8 Å². The molecule has 0 fully saturated rings. The quantitative estimate of drug-likeness (QED) is 0.795. The van der Waals surface area contributed by atoms with Crippen molar-refractivity contribution in [3.05, 3.63) is 59.7 Å². The number of sulfonamides is 1. The summed E-state index contributed by atoms with van der Waals surface area (Å²) in [5, 5.41) is 9.05. The van der Waals surface area contributed by atoms with Crippen LogP contribution in [0.3, 0.4) is 0 Å². The standard InChI is InChI=1S/C20H21N3O3S/c1-27(25,26)23(18-9-4-6-16(14-18)15-21)13-11-20(24)22-12-5-8-17-7-2-3-10-19(17)22/h2-4,6-7,9-10,14H,5,8,11-13H2,1H3. The van der Waals surface area contributed by atoms with Crippen molar-refractivity contribution in [1.29, 1.82) is 5.26 Å². The fraction of sp³-hybridized carbons (Fsp3) is 0.300. The number of rotatable bonds is 5. The Morgan fingerprint density at radius 3 is 2.74 bits per heavy atom.